The molecule has 4 aromatic carbocycles. The van der Waals surface area contributed by atoms with Gasteiger partial charge in [-0.05, 0) is 80.6 Å². The average Bonchev–Trinajstić information content (AvgIpc) is 3.46. The molecule has 2 aliphatic heterocycles. The maximum absolute atomic E-state index is 4.92. The summed E-state index contributed by atoms with van der Waals surface area (Å²) in [5.41, 5.74) is 21.0. The first-order valence-corrected chi connectivity index (χ1v) is 12.6. The molecule has 2 heteroatoms. The molecule has 3 heterocycles. The first kappa shape index (κ1) is 18.2. The van der Waals surface area contributed by atoms with Crippen LogP contribution >= 0.6 is 0 Å². The van der Waals surface area contributed by atoms with Crippen LogP contribution in [0.3, 0.4) is 0 Å². The number of hydrogen-bond donors (Lipinski definition) is 0. The van der Waals surface area contributed by atoms with Crippen LogP contribution in [0.15, 0.2) is 85.1 Å². The standard InChI is InChI=1S/C33H22N2/c1-3-8-25-20(7-1)15-23-17-24-16-22-12-11-21-14-19-6-2-4-9-26(19)31(21)33(22)35-29-10-5-13-34-28(29)18-27(30(23)25)32(24)35/h1-13,17H,14-16,18H2. The molecule has 164 valence electrons. The molecule has 5 aromatic rings. The Labute approximate surface area is 204 Å². The SMILES string of the molecule is c1ccc2c(c1)Cc1cc3c4c(c1-2)Cc1ncccc1N4c1c(ccc2c1-c1ccccc1C2)C3. The Morgan fingerprint density at radius 3 is 2.11 bits per heavy atom. The van der Waals surface area contributed by atoms with Crippen LogP contribution in [0, 0.1) is 0 Å². The van der Waals surface area contributed by atoms with Crippen molar-refractivity contribution in [3.05, 3.63) is 130 Å². The summed E-state index contributed by atoms with van der Waals surface area (Å²) in [7, 11) is 0. The summed E-state index contributed by atoms with van der Waals surface area (Å²) in [6.45, 7) is 0. The van der Waals surface area contributed by atoms with Crippen molar-refractivity contribution in [2.24, 2.45) is 0 Å². The molecule has 9 rings (SSSR count). The van der Waals surface area contributed by atoms with Crippen molar-refractivity contribution in [2.75, 3.05) is 4.90 Å². The van der Waals surface area contributed by atoms with Gasteiger partial charge in [0.2, 0.25) is 0 Å². The molecule has 0 N–H and O–H groups in total. The monoisotopic (exact) mass is 446 g/mol. The van der Waals surface area contributed by atoms with Gasteiger partial charge in [0.25, 0.3) is 0 Å². The topological polar surface area (TPSA) is 16.1 Å². The van der Waals surface area contributed by atoms with Gasteiger partial charge in [-0.25, -0.2) is 0 Å². The summed E-state index contributed by atoms with van der Waals surface area (Å²) in [6.07, 6.45) is 5.89. The first-order valence-electron chi connectivity index (χ1n) is 12.6. The van der Waals surface area contributed by atoms with Gasteiger partial charge in [-0.2, -0.15) is 0 Å². The molecule has 0 spiro atoms. The minimum atomic E-state index is 0.896. The minimum Gasteiger partial charge on any atom is -0.307 e. The highest BCUT2D eigenvalue weighted by atomic mass is 15.2. The Kier molecular flexibility index (Phi) is 3.27. The largest absolute Gasteiger partial charge is 0.307 e. The predicted molar refractivity (Wildman–Crippen MR) is 141 cm³/mol. The van der Waals surface area contributed by atoms with Crippen LogP contribution in [0.1, 0.15) is 44.6 Å². The molecule has 0 radical (unpaired) electrons. The zero-order valence-electron chi connectivity index (χ0n) is 19.3. The molecule has 0 amide bonds. The molecule has 2 aliphatic carbocycles. The number of fused-ring (bicyclic) bond motifs is 12. The van der Waals surface area contributed by atoms with Crippen molar-refractivity contribution >= 4 is 17.1 Å². The van der Waals surface area contributed by atoms with Gasteiger partial charge in [0, 0.05) is 24.6 Å². The fourth-order valence-corrected chi connectivity index (χ4v) is 7.18. The van der Waals surface area contributed by atoms with E-state index in [1.165, 1.54) is 84.0 Å². The summed E-state index contributed by atoms with van der Waals surface area (Å²) in [6, 6.07) is 29.6. The van der Waals surface area contributed by atoms with Crippen LogP contribution in [-0.2, 0) is 25.7 Å². The van der Waals surface area contributed by atoms with E-state index < -0.39 is 0 Å². The van der Waals surface area contributed by atoms with Crippen molar-refractivity contribution in [2.45, 2.75) is 25.7 Å². The zero-order valence-corrected chi connectivity index (χ0v) is 19.3. The summed E-state index contributed by atoms with van der Waals surface area (Å²) in [5.74, 6) is 0. The molecular formula is C33H22N2. The lowest BCUT2D eigenvalue weighted by molar-refractivity contribution is 0.969. The second-order valence-electron chi connectivity index (χ2n) is 10.3. The van der Waals surface area contributed by atoms with E-state index in [0.717, 1.165) is 25.7 Å². The Morgan fingerprint density at radius 2 is 1.26 bits per heavy atom. The van der Waals surface area contributed by atoms with Crippen LogP contribution in [0.2, 0.25) is 0 Å². The molecule has 4 aliphatic rings. The third-order valence-electron chi connectivity index (χ3n) is 8.52. The number of nitrogens with zero attached hydrogens (tertiary/aromatic N) is 2. The number of hydrogen-bond acceptors (Lipinski definition) is 2. The highest BCUT2D eigenvalue weighted by Crippen LogP contribution is 2.58. The predicted octanol–water partition coefficient (Wildman–Crippen LogP) is 7.50. The van der Waals surface area contributed by atoms with Gasteiger partial charge in [-0.3, -0.25) is 4.98 Å². The third kappa shape index (κ3) is 2.23. The maximum Gasteiger partial charge on any atom is 0.0688 e. The van der Waals surface area contributed by atoms with E-state index in [1.54, 1.807) is 0 Å². The average molecular weight is 447 g/mol. The lowest BCUT2D eigenvalue weighted by Gasteiger charge is -2.41. The molecule has 35 heavy (non-hydrogen) atoms. The van der Waals surface area contributed by atoms with Gasteiger partial charge in [0.1, 0.15) is 0 Å². The van der Waals surface area contributed by atoms with Gasteiger partial charge >= 0.3 is 0 Å². The van der Waals surface area contributed by atoms with Crippen LogP contribution in [0.25, 0.3) is 22.3 Å². The number of rotatable bonds is 0. The first-order chi connectivity index (χ1) is 17.3. The molecule has 0 fully saturated rings. The van der Waals surface area contributed by atoms with Crippen molar-refractivity contribution in [1.29, 1.82) is 0 Å². The molecule has 0 atom stereocenters. The second kappa shape index (κ2) is 6.28. The fraction of sp³-hybridized carbons (Fsp3) is 0.121. The summed E-state index contributed by atoms with van der Waals surface area (Å²) < 4.78 is 0. The van der Waals surface area contributed by atoms with Crippen molar-refractivity contribution < 1.29 is 0 Å². The Balaban J connectivity index is 1.40. The number of aromatic nitrogens is 1. The van der Waals surface area contributed by atoms with Gasteiger partial charge in [-0.1, -0.05) is 66.7 Å². The molecule has 2 nitrogen and oxygen atoms in total. The second-order valence-corrected chi connectivity index (χ2v) is 10.3. The molecule has 0 unspecified atom stereocenters. The number of benzene rings is 4. The van der Waals surface area contributed by atoms with Gasteiger partial charge in [-0.15, -0.1) is 0 Å². The Hall–Kier alpha value is -4.17. The smallest absolute Gasteiger partial charge is 0.0688 e. The lowest BCUT2D eigenvalue weighted by atomic mass is 9.81. The zero-order chi connectivity index (χ0) is 22.7. The van der Waals surface area contributed by atoms with Crippen LogP contribution in [0.4, 0.5) is 17.1 Å². The Bertz CT molecular complexity index is 1760. The molecule has 0 saturated heterocycles. The highest BCUT2D eigenvalue weighted by Gasteiger charge is 2.39. The van der Waals surface area contributed by atoms with Crippen molar-refractivity contribution in [1.82, 2.24) is 4.98 Å². The normalized spacial score (nSPS) is 14.9. The molecule has 1 aromatic heterocycles. The van der Waals surface area contributed by atoms with E-state index in [9.17, 15) is 0 Å². The lowest BCUT2D eigenvalue weighted by Crippen LogP contribution is -2.26. The molecule has 0 bridgehead atoms. The van der Waals surface area contributed by atoms with Crippen molar-refractivity contribution in [3.8, 4) is 22.3 Å². The minimum absolute atomic E-state index is 0.896. The maximum atomic E-state index is 4.92. The van der Waals surface area contributed by atoms with Gasteiger partial charge in [0.15, 0.2) is 0 Å². The summed E-state index contributed by atoms with van der Waals surface area (Å²) in [5, 5.41) is 0. The van der Waals surface area contributed by atoms with E-state index in [0.29, 0.717) is 0 Å². The van der Waals surface area contributed by atoms with E-state index in [2.05, 4.69) is 83.8 Å². The van der Waals surface area contributed by atoms with Crippen LogP contribution in [0.5, 0.6) is 0 Å². The number of pyridine rings is 1. The number of anilines is 3. The van der Waals surface area contributed by atoms with E-state index in [1.807, 2.05) is 6.20 Å². The van der Waals surface area contributed by atoms with Crippen LogP contribution in [-0.4, -0.2) is 4.98 Å². The third-order valence-corrected chi connectivity index (χ3v) is 8.52. The van der Waals surface area contributed by atoms with Gasteiger partial charge in [0.05, 0.1) is 22.8 Å². The van der Waals surface area contributed by atoms with E-state index in [4.69, 9.17) is 4.98 Å². The molecular weight excluding hydrogens is 424 g/mol. The fourth-order valence-electron chi connectivity index (χ4n) is 7.18. The molecule has 0 saturated carbocycles. The van der Waals surface area contributed by atoms with E-state index >= 15 is 0 Å². The highest BCUT2D eigenvalue weighted by molar-refractivity contribution is 6.01. The van der Waals surface area contributed by atoms with Crippen LogP contribution < -0.4 is 4.90 Å². The van der Waals surface area contributed by atoms with Crippen molar-refractivity contribution in [3.63, 3.8) is 0 Å². The quantitative estimate of drug-likeness (QED) is 0.240. The summed E-state index contributed by atoms with van der Waals surface area (Å²) >= 11 is 0. The summed E-state index contributed by atoms with van der Waals surface area (Å²) in [4.78, 5) is 7.50. The Morgan fingerprint density at radius 1 is 0.543 bits per heavy atom. The van der Waals surface area contributed by atoms with E-state index in [-0.39, 0.29) is 0 Å². The van der Waals surface area contributed by atoms with Gasteiger partial charge < -0.3 is 4.90 Å².